The summed E-state index contributed by atoms with van der Waals surface area (Å²) in [7, 11) is 1.89. The number of aliphatic hydroxyl groups is 1. The molecule has 34 heavy (non-hydrogen) atoms. The summed E-state index contributed by atoms with van der Waals surface area (Å²) in [5.41, 5.74) is 10.9. The molecule has 0 spiro atoms. The van der Waals surface area contributed by atoms with Gasteiger partial charge in [-0.25, -0.2) is 9.97 Å². The number of hydrogen-bond donors (Lipinski definition) is 1. The van der Waals surface area contributed by atoms with Gasteiger partial charge < -0.3 is 9.84 Å². The second kappa shape index (κ2) is 8.67. The first kappa shape index (κ1) is 21.0. The first-order chi connectivity index (χ1) is 16.7. The van der Waals surface area contributed by atoms with Crippen molar-refractivity contribution in [2.45, 2.75) is 18.9 Å². The largest absolute Gasteiger partial charge is 0.396 e. The first-order valence-corrected chi connectivity index (χ1v) is 11.7. The lowest BCUT2D eigenvalue weighted by molar-refractivity contribution is -0.0750. The minimum Gasteiger partial charge on any atom is -0.396 e. The number of aliphatic hydroxyl groups excluding tert-OH is 1. The number of aromatic nitrogens is 6. The molecular weight excluding hydrogens is 428 g/mol. The summed E-state index contributed by atoms with van der Waals surface area (Å²) < 4.78 is 9.67. The van der Waals surface area contributed by atoms with Gasteiger partial charge in [-0.1, -0.05) is 11.5 Å². The number of rotatable bonds is 5. The molecule has 3 aliphatic rings. The van der Waals surface area contributed by atoms with Crippen molar-refractivity contribution in [2.75, 3.05) is 19.8 Å². The van der Waals surface area contributed by atoms with Crippen LogP contribution in [0.15, 0.2) is 60.8 Å². The van der Waals surface area contributed by atoms with Crippen molar-refractivity contribution in [3.05, 3.63) is 72.2 Å². The zero-order valence-electron chi connectivity index (χ0n) is 19.0. The normalized spacial score (nSPS) is 25.8. The van der Waals surface area contributed by atoms with Crippen LogP contribution in [0.1, 0.15) is 30.3 Å². The first-order valence-electron chi connectivity index (χ1n) is 11.7. The molecule has 8 nitrogen and oxygen atoms in total. The molecule has 1 N–H and O–H groups in total. The minimum absolute atomic E-state index is 0.259. The van der Waals surface area contributed by atoms with Crippen molar-refractivity contribution < 1.29 is 9.84 Å². The summed E-state index contributed by atoms with van der Waals surface area (Å²) in [6.07, 6.45) is 17.2. The molecule has 0 radical (unpaired) electrons. The number of allylic oxidation sites excluding steroid dienone is 4. The molecule has 4 heterocycles. The van der Waals surface area contributed by atoms with Crippen LogP contribution in [0, 0.1) is 17.8 Å². The van der Waals surface area contributed by atoms with Gasteiger partial charge in [0.25, 0.3) is 0 Å². The Labute approximate surface area is 197 Å². The third-order valence-electron chi connectivity index (χ3n) is 7.06. The van der Waals surface area contributed by atoms with E-state index in [0.717, 1.165) is 53.9 Å². The average Bonchev–Trinajstić information content (AvgIpc) is 3.53. The van der Waals surface area contributed by atoms with Gasteiger partial charge in [0.2, 0.25) is 0 Å². The fraction of sp³-hybridized carbons (Fsp3) is 0.385. The number of ether oxygens (including phenoxy) is 1. The SMILES string of the molecule is Cn1cc(C2=C=C=CC(c3ncc(-c4cnn(C5C6COCC5CC(CO)C6)c4)cn3)=C2)cn1. The molecular formula is C26H26N6O2. The minimum atomic E-state index is 0.259. The third kappa shape index (κ3) is 3.87. The molecule has 2 bridgehead atoms. The Kier molecular flexibility index (Phi) is 5.36. The molecule has 6 rings (SSSR count). The second-order valence-electron chi connectivity index (χ2n) is 9.40. The number of aryl methyl sites for hydroxylation is 1. The Bertz CT molecular complexity index is 1320. The van der Waals surface area contributed by atoms with Crippen molar-refractivity contribution in [1.29, 1.82) is 0 Å². The molecule has 3 aromatic heterocycles. The zero-order valence-corrected chi connectivity index (χ0v) is 19.0. The lowest BCUT2D eigenvalue weighted by Crippen LogP contribution is -2.44. The van der Waals surface area contributed by atoms with Crippen LogP contribution >= 0.6 is 0 Å². The van der Waals surface area contributed by atoms with E-state index in [1.54, 1.807) is 4.68 Å². The molecule has 2 atom stereocenters. The fourth-order valence-corrected chi connectivity index (χ4v) is 5.45. The predicted molar refractivity (Wildman–Crippen MR) is 126 cm³/mol. The summed E-state index contributed by atoms with van der Waals surface area (Å²) in [6.45, 7) is 1.73. The Hall–Kier alpha value is -3.54. The summed E-state index contributed by atoms with van der Waals surface area (Å²) in [5, 5.41) is 18.6. The third-order valence-corrected chi connectivity index (χ3v) is 7.06. The van der Waals surface area contributed by atoms with Crippen LogP contribution in [0.2, 0.25) is 0 Å². The van der Waals surface area contributed by atoms with E-state index in [4.69, 9.17) is 9.84 Å². The van der Waals surface area contributed by atoms with E-state index in [-0.39, 0.29) is 6.61 Å². The van der Waals surface area contributed by atoms with Crippen molar-refractivity contribution in [2.24, 2.45) is 24.8 Å². The standard InChI is InChI=1S/C26H26N6O2/c1-31-12-23(10-29-31)18-3-2-4-19(7-18)26-27-8-22(9-28-26)24-11-30-32(13-24)25-20-5-17(14-33)6-21(25)16-34-15-20/h4,7-13,17,20-21,25,33H,5-6,14-16H2,1H3. The lowest BCUT2D eigenvalue weighted by Gasteiger charge is -2.45. The van der Waals surface area contributed by atoms with Crippen LogP contribution in [0.5, 0.6) is 0 Å². The maximum Gasteiger partial charge on any atom is 0.159 e. The van der Waals surface area contributed by atoms with Crippen LogP contribution in [0.25, 0.3) is 22.3 Å². The van der Waals surface area contributed by atoms with Crippen molar-refractivity contribution in [3.8, 4) is 11.1 Å². The summed E-state index contributed by atoms with van der Waals surface area (Å²) in [6, 6.07) is 0.312. The maximum atomic E-state index is 9.65. The average molecular weight is 455 g/mol. The van der Waals surface area contributed by atoms with Crippen LogP contribution in [-0.2, 0) is 11.8 Å². The smallest absolute Gasteiger partial charge is 0.159 e. The van der Waals surface area contributed by atoms with E-state index in [2.05, 4.69) is 37.4 Å². The molecule has 2 unspecified atom stereocenters. The monoisotopic (exact) mass is 454 g/mol. The van der Waals surface area contributed by atoms with Crippen molar-refractivity contribution >= 4 is 11.1 Å². The number of hydrogen-bond acceptors (Lipinski definition) is 6. The van der Waals surface area contributed by atoms with Gasteiger partial charge in [0.1, 0.15) is 0 Å². The molecule has 2 fully saturated rings. The summed E-state index contributed by atoms with van der Waals surface area (Å²) >= 11 is 0. The van der Waals surface area contributed by atoms with Crippen molar-refractivity contribution in [1.82, 2.24) is 29.5 Å². The molecule has 0 amide bonds. The maximum absolute atomic E-state index is 9.65. The van der Waals surface area contributed by atoms with Gasteiger partial charge in [-0.2, -0.15) is 10.2 Å². The number of nitrogens with zero attached hydrogens (tertiary/aromatic N) is 6. The van der Waals surface area contributed by atoms with Crippen molar-refractivity contribution in [3.63, 3.8) is 0 Å². The Morgan fingerprint density at radius 2 is 1.76 bits per heavy atom. The van der Waals surface area contributed by atoms with E-state index in [0.29, 0.717) is 29.6 Å². The van der Waals surface area contributed by atoms with Gasteiger partial charge in [-0.3, -0.25) is 9.36 Å². The predicted octanol–water partition coefficient (Wildman–Crippen LogP) is 3.07. The Morgan fingerprint density at radius 1 is 1.00 bits per heavy atom. The highest BCUT2D eigenvalue weighted by atomic mass is 16.5. The number of fused-ring (bicyclic) bond motifs is 2. The molecule has 1 saturated carbocycles. The molecule has 8 heteroatoms. The van der Waals surface area contributed by atoms with E-state index in [9.17, 15) is 5.11 Å². The van der Waals surface area contributed by atoms with Crippen LogP contribution < -0.4 is 0 Å². The topological polar surface area (TPSA) is 90.9 Å². The van der Waals surface area contributed by atoms with E-state index < -0.39 is 0 Å². The molecule has 0 aromatic carbocycles. The van der Waals surface area contributed by atoms with Gasteiger partial charge in [0.15, 0.2) is 5.82 Å². The van der Waals surface area contributed by atoms with Gasteiger partial charge in [0.05, 0.1) is 31.6 Å². The summed E-state index contributed by atoms with van der Waals surface area (Å²) in [4.78, 5) is 9.23. The van der Waals surface area contributed by atoms with Gasteiger partial charge in [0, 0.05) is 78.1 Å². The van der Waals surface area contributed by atoms with E-state index in [1.807, 2.05) is 50.2 Å². The fourth-order valence-electron chi connectivity index (χ4n) is 5.45. The molecule has 3 aromatic rings. The van der Waals surface area contributed by atoms with Crippen LogP contribution in [0.4, 0.5) is 0 Å². The Balaban J connectivity index is 1.21. The van der Waals surface area contributed by atoms with E-state index >= 15 is 0 Å². The van der Waals surface area contributed by atoms with Gasteiger partial charge in [-0.05, 0) is 30.9 Å². The van der Waals surface area contributed by atoms with Crippen LogP contribution in [0.3, 0.4) is 0 Å². The molecule has 1 saturated heterocycles. The Morgan fingerprint density at radius 3 is 2.47 bits per heavy atom. The van der Waals surface area contributed by atoms with E-state index in [1.165, 1.54) is 0 Å². The molecule has 1 aliphatic heterocycles. The second-order valence-corrected chi connectivity index (χ2v) is 9.40. The molecule has 172 valence electrons. The molecule has 2 aliphatic carbocycles. The van der Waals surface area contributed by atoms with Gasteiger partial charge in [-0.15, -0.1) is 0 Å². The lowest BCUT2D eigenvalue weighted by atomic mass is 9.71. The highest BCUT2D eigenvalue weighted by Crippen LogP contribution is 2.44. The highest BCUT2D eigenvalue weighted by Gasteiger charge is 2.42. The highest BCUT2D eigenvalue weighted by molar-refractivity contribution is 5.87. The summed E-state index contributed by atoms with van der Waals surface area (Å²) in [5.74, 6) is 1.78. The van der Waals surface area contributed by atoms with Crippen LogP contribution in [-0.4, -0.2) is 54.5 Å². The quantitative estimate of drug-likeness (QED) is 0.596. The zero-order chi connectivity index (χ0) is 23.1. The van der Waals surface area contributed by atoms with Gasteiger partial charge >= 0.3 is 0 Å².